The molecule has 0 spiro atoms. The highest BCUT2D eigenvalue weighted by Gasteiger charge is 2.13. The number of nitrogens with one attached hydrogen (secondary N) is 2. The number of halogens is 1. The van der Waals surface area contributed by atoms with E-state index >= 15 is 0 Å². The molecular formula is C9H16ClN5O. The molecule has 7 heteroatoms. The maximum atomic E-state index is 9.02. The molecule has 0 saturated heterocycles. The molecule has 0 fully saturated rings. The Kier molecular flexibility index (Phi) is 4.72. The number of nitrogens with zero attached hydrogens (tertiary/aromatic N) is 2. The Labute approximate surface area is 99.2 Å². The summed E-state index contributed by atoms with van der Waals surface area (Å²) in [5, 5.41) is 12.5. The molecule has 2 unspecified atom stereocenters. The molecule has 0 aliphatic carbocycles. The third-order valence-electron chi connectivity index (χ3n) is 2.38. The second-order valence-corrected chi connectivity index (χ2v) is 4.03. The van der Waals surface area contributed by atoms with Gasteiger partial charge in [-0.05, 0) is 12.8 Å². The first-order valence-corrected chi connectivity index (χ1v) is 5.32. The van der Waals surface area contributed by atoms with E-state index in [4.69, 9.17) is 22.6 Å². The number of nitrogens with two attached hydrogens (primary N) is 1. The summed E-state index contributed by atoms with van der Waals surface area (Å²) in [4.78, 5) is 7.94. The third kappa shape index (κ3) is 3.19. The van der Waals surface area contributed by atoms with Gasteiger partial charge in [0.2, 0.25) is 5.95 Å². The number of nitrogen functional groups attached to an aromatic ring is 1. The smallest absolute Gasteiger partial charge is 0.239 e. The molecule has 1 rings (SSSR count). The van der Waals surface area contributed by atoms with Crippen LogP contribution >= 0.6 is 11.6 Å². The van der Waals surface area contributed by atoms with Gasteiger partial charge >= 0.3 is 0 Å². The molecule has 5 N–H and O–H groups in total. The molecule has 0 aromatic carbocycles. The Hall–Kier alpha value is -1.11. The first-order chi connectivity index (χ1) is 7.58. The van der Waals surface area contributed by atoms with Gasteiger partial charge in [-0.25, -0.2) is 10.8 Å². The predicted octanol–water partition coefficient (Wildman–Crippen LogP) is 0.844. The van der Waals surface area contributed by atoms with E-state index < -0.39 is 0 Å². The fourth-order valence-corrected chi connectivity index (χ4v) is 1.20. The zero-order chi connectivity index (χ0) is 12.1. The SMILES string of the molecule is CC(CO)C(C)Nc1nc(NN)ncc1Cl. The van der Waals surface area contributed by atoms with Gasteiger partial charge in [-0.1, -0.05) is 18.5 Å². The second kappa shape index (κ2) is 5.83. The molecule has 90 valence electrons. The Morgan fingerprint density at radius 1 is 1.56 bits per heavy atom. The van der Waals surface area contributed by atoms with E-state index in [1.54, 1.807) is 0 Å². The van der Waals surface area contributed by atoms with Crippen molar-refractivity contribution in [2.75, 3.05) is 17.3 Å². The summed E-state index contributed by atoms with van der Waals surface area (Å²) in [6.45, 7) is 3.96. The van der Waals surface area contributed by atoms with Crippen LogP contribution < -0.4 is 16.6 Å². The number of aliphatic hydroxyl groups excluding tert-OH is 1. The summed E-state index contributed by atoms with van der Waals surface area (Å²) in [7, 11) is 0. The number of aliphatic hydroxyl groups is 1. The van der Waals surface area contributed by atoms with Crippen molar-refractivity contribution >= 4 is 23.4 Å². The Balaban J connectivity index is 2.79. The van der Waals surface area contributed by atoms with E-state index in [2.05, 4.69) is 20.7 Å². The minimum atomic E-state index is 0.0445. The Morgan fingerprint density at radius 3 is 2.81 bits per heavy atom. The number of aromatic nitrogens is 2. The number of anilines is 2. The van der Waals surface area contributed by atoms with Gasteiger partial charge in [0.15, 0.2) is 5.82 Å². The molecule has 0 saturated carbocycles. The zero-order valence-corrected chi connectivity index (χ0v) is 9.99. The average Bonchev–Trinajstić information content (AvgIpc) is 2.30. The normalized spacial score (nSPS) is 14.3. The van der Waals surface area contributed by atoms with Crippen LogP contribution in [0.4, 0.5) is 11.8 Å². The van der Waals surface area contributed by atoms with Crippen LogP contribution in [0.2, 0.25) is 5.02 Å². The Bertz CT molecular complexity index is 349. The zero-order valence-electron chi connectivity index (χ0n) is 9.24. The van der Waals surface area contributed by atoms with Gasteiger partial charge in [-0.3, -0.25) is 5.43 Å². The molecule has 0 bridgehead atoms. The highest BCUT2D eigenvalue weighted by molar-refractivity contribution is 6.32. The van der Waals surface area contributed by atoms with Crippen LogP contribution in [0.15, 0.2) is 6.20 Å². The van der Waals surface area contributed by atoms with Crippen LogP contribution in [0.3, 0.4) is 0 Å². The van der Waals surface area contributed by atoms with Crippen LogP contribution in [0.1, 0.15) is 13.8 Å². The van der Waals surface area contributed by atoms with Gasteiger partial charge < -0.3 is 10.4 Å². The van der Waals surface area contributed by atoms with Crippen molar-refractivity contribution < 1.29 is 5.11 Å². The molecular weight excluding hydrogens is 230 g/mol. The van der Waals surface area contributed by atoms with E-state index in [1.165, 1.54) is 6.20 Å². The molecule has 2 atom stereocenters. The third-order valence-corrected chi connectivity index (χ3v) is 2.66. The van der Waals surface area contributed by atoms with Gasteiger partial charge in [-0.2, -0.15) is 4.98 Å². The number of hydrogen-bond donors (Lipinski definition) is 4. The summed E-state index contributed by atoms with van der Waals surface area (Å²) in [5.41, 5.74) is 2.34. The van der Waals surface area contributed by atoms with Crippen LogP contribution in [0, 0.1) is 5.92 Å². The van der Waals surface area contributed by atoms with E-state index in [0.29, 0.717) is 10.8 Å². The minimum absolute atomic E-state index is 0.0445. The lowest BCUT2D eigenvalue weighted by molar-refractivity contribution is 0.226. The van der Waals surface area contributed by atoms with Crippen molar-refractivity contribution in [3.63, 3.8) is 0 Å². The maximum absolute atomic E-state index is 9.02. The molecule has 0 amide bonds. The predicted molar refractivity (Wildman–Crippen MR) is 64.2 cm³/mol. The fraction of sp³-hybridized carbons (Fsp3) is 0.556. The van der Waals surface area contributed by atoms with Gasteiger partial charge in [0.25, 0.3) is 0 Å². The summed E-state index contributed by atoms with van der Waals surface area (Å²) in [6, 6.07) is 0.0445. The van der Waals surface area contributed by atoms with Crippen molar-refractivity contribution in [1.82, 2.24) is 9.97 Å². The van der Waals surface area contributed by atoms with Crippen molar-refractivity contribution in [1.29, 1.82) is 0 Å². The molecule has 1 heterocycles. The van der Waals surface area contributed by atoms with Gasteiger partial charge in [0.05, 0.1) is 6.20 Å². The summed E-state index contributed by atoms with van der Waals surface area (Å²) in [5.74, 6) is 6.08. The lowest BCUT2D eigenvalue weighted by Gasteiger charge is -2.20. The molecule has 1 aromatic heterocycles. The lowest BCUT2D eigenvalue weighted by Crippen LogP contribution is -2.27. The van der Waals surface area contributed by atoms with Crippen LogP contribution in [0.25, 0.3) is 0 Å². The summed E-state index contributed by atoms with van der Waals surface area (Å²) < 4.78 is 0. The number of rotatable bonds is 5. The standard InChI is InChI=1S/C9H16ClN5O/c1-5(4-16)6(2)13-8-7(10)3-12-9(14-8)15-11/h3,5-6,16H,4,11H2,1-2H3,(H2,12,13,14,15). The first-order valence-electron chi connectivity index (χ1n) is 4.95. The van der Waals surface area contributed by atoms with Crippen molar-refractivity contribution in [2.24, 2.45) is 11.8 Å². The van der Waals surface area contributed by atoms with E-state index in [9.17, 15) is 0 Å². The van der Waals surface area contributed by atoms with Crippen LogP contribution in [-0.2, 0) is 0 Å². The molecule has 16 heavy (non-hydrogen) atoms. The van der Waals surface area contributed by atoms with E-state index in [1.807, 2.05) is 13.8 Å². The monoisotopic (exact) mass is 245 g/mol. The summed E-state index contributed by atoms with van der Waals surface area (Å²) in [6.07, 6.45) is 1.46. The van der Waals surface area contributed by atoms with Crippen molar-refractivity contribution in [2.45, 2.75) is 19.9 Å². The van der Waals surface area contributed by atoms with Crippen molar-refractivity contribution in [3.8, 4) is 0 Å². The van der Waals surface area contributed by atoms with Gasteiger partial charge in [-0.15, -0.1) is 0 Å². The number of hydrogen-bond acceptors (Lipinski definition) is 6. The van der Waals surface area contributed by atoms with Crippen LogP contribution in [-0.4, -0.2) is 27.7 Å². The molecule has 0 aliphatic heterocycles. The molecule has 6 nitrogen and oxygen atoms in total. The minimum Gasteiger partial charge on any atom is -0.396 e. The van der Waals surface area contributed by atoms with Crippen molar-refractivity contribution in [3.05, 3.63) is 11.2 Å². The largest absolute Gasteiger partial charge is 0.396 e. The molecule has 0 aliphatic rings. The highest BCUT2D eigenvalue weighted by atomic mass is 35.5. The highest BCUT2D eigenvalue weighted by Crippen LogP contribution is 2.21. The Morgan fingerprint density at radius 2 is 2.25 bits per heavy atom. The quantitative estimate of drug-likeness (QED) is 0.454. The topological polar surface area (TPSA) is 96.1 Å². The van der Waals surface area contributed by atoms with Gasteiger partial charge in [0, 0.05) is 12.6 Å². The van der Waals surface area contributed by atoms with Crippen LogP contribution in [0.5, 0.6) is 0 Å². The number of hydrazine groups is 1. The van der Waals surface area contributed by atoms with Gasteiger partial charge in [0.1, 0.15) is 5.02 Å². The average molecular weight is 246 g/mol. The second-order valence-electron chi connectivity index (χ2n) is 3.63. The maximum Gasteiger partial charge on any atom is 0.239 e. The van der Waals surface area contributed by atoms with E-state index in [-0.39, 0.29) is 24.5 Å². The van der Waals surface area contributed by atoms with E-state index in [0.717, 1.165) is 0 Å². The lowest BCUT2D eigenvalue weighted by atomic mass is 10.1. The fourth-order valence-electron chi connectivity index (χ4n) is 1.05. The molecule has 0 radical (unpaired) electrons. The summed E-state index contributed by atoms with van der Waals surface area (Å²) >= 11 is 5.93. The molecule has 1 aromatic rings. The first kappa shape index (κ1) is 13.0.